The van der Waals surface area contributed by atoms with Crippen molar-refractivity contribution in [2.45, 2.75) is 44.8 Å². The van der Waals surface area contributed by atoms with Crippen LogP contribution in [-0.4, -0.2) is 44.7 Å². The van der Waals surface area contributed by atoms with Gasteiger partial charge in [-0.25, -0.2) is 0 Å². The van der Waals surface area contributed by atoms with E-state index in [1.54, 1.807) is 4.68 Å². The number of likely N-dealkylation sites (tertiary alicyclic amines) is 1. The summed E-state index contributed by atoms with van der Waals surface area (Å²) in [7, 11) is 1.81. The van der Waals surface area contributed by atoms with E-state index in [1.165, 1.54) is 24.1 Å². The normalized spacial score (nSPS) is 19.8. The summed E-state index contributed by atoms with van der Waals surface area (Å²) in [5, 5.41) is 7.80. The van der Waals surface area contributed by atoms with Crippen LogP contribution in [0.3, 0.4) is 0 Å². The minimum absolute atomic E-state index is 0.381. The topological polar surface area (TPSA) is 89.1 Å². The molecular weight excluding hydrogens is 328 g/mol. The maximum absolute atomic E-state index is 11.5. The van der Waals surface area contributed by atoms with E-state index >= 15 is 0 Å². The average molecular weight is 354 g/mol. The molecule has 0 bridgehead atoms. The first kappa shape index (κ1) is 17.2. The van der Waals surface area contributed by atoms with Gasteiger partial charge in [-0.05, 0) is 37.3 Å². The van der Waals surface area contributed by atoms with Gasteiger partial charge in [0.05, 0.1) is 5.69 Å². The molecule has 3 N–H and O–H groups in total. The van der Waals surface area contributed by atoms with E-state index in [0.717, 1.165) is 43.7 Å². The predicted octanol–water partition coefficient (Wildman–Crippen LogP) is 0.767. The van der Waals surface area contributed by atoms with Crippen molar-refractivity contribution in [1.82, 2.24) is 25.0 Å². The molecule has 0 saturated carbocycles. The van der Waals surface area contributed by atoms with Gasteiger partial charge in [0.1, 0.15) is 0 Å². The van der Waals surface area contributed by atoms with Gasteiger partial charge in [-0.3, -0.25) is 19.4 Å². The Labute approximate surface area is 153 Å². The summed E-state index contributed by atoms with van der Waals surface area (Å²) in [4.78, 5) is 18.7. The number of pyridine rings is 1. The third kappa shape index (κ3) is 3.64. The van der Waals surface area contributed by atoms with Crippen molar-refractivity contribution in [3.8, 4) is 0 Å². The molecule has 1 atom stereocenters. The number of carbonyl (C=O) groups excluding carboxylic acids is 1. The van der Waals surface area contributed by atoms with Crippen molar-refractivity contribution in [3.63, 3.8) is 0 Å². The Kier molecular flexibility index (Phi) is 4.74. The lowest BCUT2D eigenvalue weighted by Crippen LogP contribution is -2.32. The SMILES string of the molecule is Cn1cc(CN2CCC(NCc3ccc4c(n3)CCC4)C2)c(C(N)=O)n1. The van der Waals surface area contributed by atoms with Crippen molar-refractivity contribution >= 4 is 5.91 Å². The number of rotatable bonds is 6. The fourth-order valence-corrected chi connectivity index (χ4v) is 4.06. The van der Waals surface area contributed by atoms with E-state index in [9.17, 15) is 4.79 Å². The zero-order valence-corrected chi connectivity index (χ0v) is 15.2. The standard InChI is InChI=1S/C19H26N6O/c1-24-10-14(18(23-24)19(20)26)11-25-8-7-16(12-25)21-9-15-6-5-13-3-2-4-17(13)22-15/h5-6,10,16,21H,2-4,7-9,11-12H2,1H3,(H2,20,26). The van der Waals surface area contributed by atoms with Gasteiger partial charge in [-0.1, -0.05) is 6.07 Å². The zero-order chi connectivity index (χ0) is 18.1. The van der Waals surface area contributed by atoms with Gasteiger partial charge in [-0.2, -0.15) is 5.10 Å². The number of carbonyl (C=O) groups is 1. The van der Waals surface area contributed by atoms with Crippen LogP contribution in [0.2, 0.25) is 0 Å². The van der Waals surface area contributed by atoms with Crippen LogP contribution in [0.15, 0.2) is 18.3 Å². The molecule has 3 heterocycles. The number of aryl methyl sites for hydroxylation is 3. The predicted molar refractivity (Wildman–Crippen MR) is 98.5 cm³/mol. The molecule has 1 amide bonds. The second-order valence-electron chi connectivity index (χ2n) is 7.40. The van der Waals surface area contributed by atoms with Crippen LogP contribution in [-0.2, 0) is 33.0 Å². The minimum Gasteiger partial charge on any atom is -0.364 e. The molecule has 2 aromatic heterocycles. The fourth-order valence-electron chi connectivity index (χ4n) is 4.06. The average Bonchev–Trinajstić information content (AvgIpc) is 3.32. The molecule has 1 unspecified atom stereocenters. The molecule has 7 heteroatoms. The number of aromatic nitrogens is 3. The number of nitrogens with two attached hydrogens (primary N) is 1. The summed E-state index contributed by atoms with van der Waals surface area (Å²) in [5.41, 5.74) is 10.5. The van der Waals surface area contributed by atoms with E-state index in [1.807, 2.05) is 13.2 Å². The van der Waals surface area contributed by atoms with Crippen molar-refractivity contribution in [2.24, 2.45) is 12.8 Å². The lowest BCUT2D eigenvalue weighted by Gasteiger charge is -2.16. The summed E-state index contributed by atoms with van der Waals surface area (Å²) < 4.78 is 1.65. The second kappa shape index (κ2) is 7.17. The molecule has 0 radical (unpaired) electrons. The molecule has 0 spiro atoms. The fraction of sp³-hybridized carbons (Fsp3) is 0.526. The number of hydrogen-bond acceptors (Lipinski definition) is 5. The van der Waals surface area contributed by atoms with Gasteiger partial charge in [0.25, 0.3) is 5.91 Å². The Bertz CT molecular complexity index is 814. The Hall–Kier alpha value is -2.25. The van der Waals surface area contributed by atoms with Crippen molar-refractivity contribution in [3.05, 3.63) is 46.5 Å². The maximum atomic E-state index is 11.5. The number of nitrogens with one attached hydrogen (secondary N) is 1. The van der Waals surface area contributed by atoms with Gasteiger partial charge in [-0.15, -0.1) is 0 Å². The molecular formula is C19H26N6O. The lowest BCUT2D eigenvalue weighted by molar-refractivity contribution is 0.0993. The first-order valence-corrected chi connectivity index (χ1v) is 9.34. The quantitative estimate of drug-likeness (QED) is 0.800. The molecule has 1 aliphatic heterocycles. The highest BCUT2D eigenvalue weighted by Crippen LogP contribution is 2.20. The van der Waals surface area contributed by atoms with Crippen LogP contribution in [0.5, 0.6) is 0 Å². The van der Waals surface area contributed by atoms with Crippen molar-refractivity contribution < 1.29 is 4.79 Å². The Morgan fingerprint density at radius 1 is 1.38 bits per heavy atom. The third-order valence-corrected chi connectivity index (χ3v) is 5.36. The van der Waals surface area contributed by atoms with Crippen molar-refractivity contribution in [2.75, 3.05) is 13.1 Å². The van der Waals surface area contributed by atoms with Gasteiger partial charge in [0.2, 0.25) is 0 Å². The van der Waals surface area contributed by atoms with E-state index in [0.29, 0.717) is 18.3 Å². The first-order chi connectivity index (χ1) is 12.6. The number of amides is 1. The number of primary amides is 1. The summed E-state index contributed by atoms with van der Waals surface area (Å²) >= 11 is 0. The highest BCUT2D eigenvalue weighted by molar-refractivity contribution is 5.92. The highest BCUT2D eigenvalue weighted by Gasteiger charge is 2.24. The second-order valence-corrected chi connectivity index (χ2v) is 7.40. The van der Waals surface area contributed by atoms with E-state index < -0.39 is 5.91 Å². The maximum Gasteiger partial charge on any atom is 0.269 e. The zero-order valence-electron chi connectivity index (χ0n) is 15.2. The largest absolute Gasteiger partial charge is 0.364 e. The summed E-state index contributed by atoms with van der Waals surface area (Å²) in [6, 6.07) is 4.83. The highest BCUT2D eigenvalue weighted by atomic mass is 16.1. The van der Waals surface area contributed by atoms with Crippen LogP contribution < -0.4 is 11.1 Å². The van der Waals surface area contributed by atoms with Crippen molar-refractivity contribution in [1.29, 1.82) is 0 Å². The van der Waals surface area contributed by atoms with Crippen LogP contribution in [0.25, 0.3) is 0 Å². The Morgan fingerprint density at radius 2 is 2.27 bits per heavy atom. The van der Waals surface area contributed by atoms with Crippen LogP contribution in [0, 0.1) is 0 Å². The minimum atomic E-state index is -0.461. The van der Waals surface area contributed by atoms with Crippen LogP contribution in [0.1, 0.15) is 45.8 Å². The van der Waals surface area contributed by atoms with E-state index in [-0.39, 0.29) is 0 Å². The number of hydrogen-bond donors (Lipinski definition) is 2. The molecule has 1 fully saturated rings. The molecule has 2 aromatic rings. The van der Waals surface area contributed by atoms with E-state index in [2.05, 4.69) is 27.4 Å². The van der Waals surface area contributed by atoms with Gasteiger partial charge in [0.15, 0.2) is 5.69 Å². The van der Waals surface area contributed by atoms with Crippen LogP contribution >= 0.6 is 0 Å². The molecule has 1 aliphatic carbocycles. The Morgan fingerprint density at radius 3 is 3.12 bits per heavy atom. The monoisotopic (exact) mass is 354 g/mol. The molecule has 26 heavy (non-hydrogen) atoms. The van der Waals surface area contributed by atoms with E-state index in [4.69, 9.17) is 10.7 Å². The number of nitrogens with zero attached hydrogens (tertiary/aromatic N) is 4. The molecule has 4 rings (SSSR count). The molecule has 138 valence electrons. The summed E-state index contributed by atoms with van der Waals surface area (Å²) in [6.45, 7) is 3.48. The summed E-state index contributed by atoms with van der Waals surface area (Å²) in [6.07, 6.45) is 6.51. The third-order valence-electron chi connectivity index (χ3n) is 5.36. The molecule has 0 aromatic carbocycles. The van der Waals surface area contributed by atoms with Gasteiger partial charge >= 0.3 is 0 Å². The van der Waals surface area contributed by atoms with Gasteiger partial charge < -0.3 is 11.1 Å². The van der Waals surface area contributed by atoms with Gasteiger partial charge in [0, 0.05) is 56.7 Å². The number of fused-ring (bicyclic) bond motifs is 1. The smallest absolute Gasteiger partial charge is 0.269 e. The van der Waals surface area contributed by atoms with Crippen LogP contribution in [0.4, 0.5) is 0 Å². The molecule has 1 saturated heterocycles. The molecule has 2 aliphatic rings. The Balaban J connectivity index is 1.31. The lowest BCUT2D eigenvalue weighted by atomic mass is 10.2. The summed E-state index contributed by atoms with van der Waals surface area (Å²) in [5.74, 6) is -0.461. The molecule has 7 nitrogen and oxygen atoms in total. The first-order valence-electron chi connectivity index (χ1n) is 9.34.